The van der Waals surface area contributed by atoms with Gasteiger partial charge in [-0.05, 0) is 48.6 Å². The Balaban J connectivity index is 1.83. The van der Waals surface area contributed by atoms with Crippen LogP contribution in [0.5, 0.6) is 5.75 Å². The molecule has 104 valence electrons. The molecule has 3 heteroatoms. The molecular weight excluding hydrogens is 270 g/mol. The number of aryl methyl sites for hydroxylation is 2. The molecule has 20 heavy (non-hydrogen) atoms. The second-order valence-electron chi connectivity index (χ2n) is 5.15. The zero-order valence-corrected chi connectivity index (χ0v) is 12.1. The molecule has 1 aliphatic carbocycles. The van der Waals surface area contributed by atoms with E-state index in [-0.39, 0.29) is 6.10 Å². The number of ether oxygens (including phenoxy) is 1. The van der Waals surface area contributed by atoms with Gasteiger partial charge in [-0.15, -0.1) is 0 Å². The van der Waals surface area contributed by atoms with Gasteiger partial charge in [0.2, 0.25) is 0 Å². The molecule has 0 aromatic heterocycles. The Morgan fingerprint density at radius 1 is 1.10 bits per heavy atom. The number of rotatable bonds is 4. The second kappa shape index (κ2) is 5.86. The molecule has 0 heterocycles. The number of fused-ring (bicyclic) bond motifs is 1. The molecule has 0 amide bonds. The van der Waals surface area contributed by atoms with E-state index < -0.39 is 0 Å². The van der Waals surface area contributed by atoms with E-state index >= 15 is 0 Å². The summed E-state index contributed by atoms with van der Waals surface area (Å²) >= 11 is 6.22. The van der Waals surface area contributed by atoms with Crippen LogP contribution in [0.4, 0.5) is 0 Å². The lowest BCUT2D eigenvalue weighted by molar-refractivity contribution is 0.214. The van der Waals surface area contributed by atoms with Crippen LogP contribution in [0, 0.1) is 0 Å². The third-order valence-electron chi connectivity index (χ3n) is 3.81. The topological polar surface area (TPSA) is 35.2 Å². The predicted molar refractivity (Wildman–Crippen MR) is 82.3 cm³/mol. The molecule has 0 saturated carbocycles. The molecule has 0 radical (unpaired) electrons. The first-order chi connectivity index (χ1) is 9.78. The summed E-state index contributed by atoms with van der Waals surface area (Å²) in [6.45, 7) is 0.404. The van der Waals surface area contributed by atoms with E-state index in [2.05, 4.69) is 12.1 Å². The first-order valence-electron chi connectivity index (χ1n) is 7.01. The lowest BCUT2D eigenvalue weighted by atomic mass is 10.1. The van der Waals surface area contributed by atoms with Crippen molar-refractivity contribution < 1.29 is 4.74 Å². The molecule has 0 saturated heterocycles. The highest BCUT2D eigenvalue weighted by Crippen LogP contribution is 2.30. The van der Waals surface area contributed by atoms with Gasteiger partial charge in [0.25, 0.3) is 0 Å². The molecule has 2 N–H and O–H groups in total. The molecule has 0 fully saturated rings. The maximum atomic E-state index is 6.22. The Morgan fingerprint density at radius 3 is 2.70 bits per heavy atom. The van der Waals surface area contributed by atoms with E-state index in [1.165, 1.54) is 24.0 Å². The van der Waals surface area contributed by atoms with Gasteiger partial charge >= 0.3 is 0 Å². The number of halogens is 1. The zero-order chi connectivity index (χ0) is 13.9. The Morgan fingerprint density at radius 2 is 1.90 bits per heavy atom. The van der Waals surface area contributed by atoms with Crippen LogP contribution >= 0.6 is 11.6 Å². The van der Waals surface area contributed by atoms with Crippen LogP contribution in [-0.4, -0.2) is 6.54 Å². The van der Waals surface area contributed by atoms with Crippen molar-refractivity contribution in [2.24, 2.45) is 5.73 Å². The van der Waals surface area contributed by atoms with Crippen molar-refractivity contribution in [3.63, 3.8) is 0 Å². The van der Waals surface area contributed by atoms with Gasteiger partial charge in [0.15, 0.2) is 0 Å². The highest BCUT2D eigenvalue weighted by atomic mass is 35.5. The molecular formula is C17H18ClNO. The molecule has 1 aliphatic rings. The van der Waals surface area contributed by atoms with E-state index in [1.807, 2.05) is 30.3 Å². The summed E-state index contributed by atoms with van der Waals surface area (Å²) in [5.74, 6) is 0.876. The van der Waals surface area contributed by atoms with Crippen molar-refractivity contribution in [1.29, 1.82) is 0 Å². The molecule has 1 unspecified atom stereocenters. The Bertz CT molecular complexity index is 612. The average Bonchev–Trinajstić information content (AvgIpc) is 2.93. The first-order valence-corrected chi connectivity index (χ1v) is 7.38. The molecule has 2 aromatic carbocycles. The highest BCUT2D eigenvalue weighted by Gasteiger charge is 2.16. The standard InChI is InChI=1S/C17H18ClNO/c18-16-7-2-1-6-15(16)17(11-19)20-14-9-8-12-4-3-5-13(12)10-14/h1-2,6-10,17H,3-5,11,19H2. The van der Waals surface area contributed by atoms with Crippen LogP contribution in [0.3, 0.4) is 0 Å². The first kappa shape index (κ1) is 13.5. The van der Waals surface area contributed by atoms with E-state index in [9.17, 15) is 0 Å². The quantitative estimate of drug-likeness (QED) is 0.925. The fourth-order valence-corrected chi connectivity index (χ4v) is 3.02. The summed E-state index contributed by atoms with van der Waals surface area (Å²) < 4.78 is 6.05. The van der Waals surface area contributed by atoms with E-state index in [1.54, 1.807) is 0 Å². The maximum Gasteiger partial charge on any atom is 0.137 e. The van der Waals surface area contributed by atoms with Gasteiger partial charge in [0.1, 0.15) is 11.9 Å². The SMILES string of the molecule is NCC(Oc1ccc2c(c1)CCC2)c1ccccc1Cl. The Hall–Kier alpha value is -1.51. The zero-order valence-electron chi connectivity index (χ0n) is 11.3. The number of nitrogens with two attached hydrogens (primary N) is 1. The predicted octanol–water partition coefficient (Wildman–Crippen LogP) is 3.91. The number of hydrogen-bond acceptors (Lipinski definition) is 2. The third kappa shape index (κ3) is 2.67. The Kier molecular flexibility index (Phi) is 3.95. The monoisotopic (exact) mass is 287 g/mol. The van der Waals surface area contributed by atoms with E-state index in [0.29, 0.717) is 11.6 Å². The number of hydrogen-bond donors (Lipinski definition) is 1. The van der Waals surface area contributed by atoms with Gasteiger partial charge < -0.3 is 10.5 Å². The minimum Gasteiger partial charge on any atom is -0.484 e. The molecule has 2 aromatic rings. The van der Waals surface area contributed by atoms with Crippen molar-refractivity contribution >= 4 is 11.6 Å². The van der Waals surface area contributed by atoms with Crippen molar-refractivity contribution in [2.75, 3.05) is 6.54 Å². The fraction of sp³-hybridized carbons (Fsp3) is 0.294. The largest absolute Gasteiger partial charge is 0.484 e. The van der Waals surface area contributed by atoms with Crippen molar-refractivity contribution in [2.45, 2.75) is 25.4 Å². The molecule has 0 spiro atoms. The summed E-state index contributed by atoms with van der Waals surface area (Å²) in [6.07, 6.45) is 3.36. The fourth-order valence-electron chi connectivity index (χ4n) is 2.76. The van der Waals surface area contributed by atoms with E-state index in [0.717, 1.165) is 17.7 Å². The van der Waals surface area contributed by atoms with Gasteiger partial charge in [0.05, 0.1) is 0 Å². The third-order valence-corrected chi connectivity index (χ3v) is 4.16. The van der Waals surface area contributed by atoms with Crippen LogP contribution in [0.15, 0.2) is 42.5 Å². The van der Waals surface area contributed by atoms with Gasteiger partial charge in [-0.3, -0.25) is 0 Å². The van der Waals surface area contributed by atoms with Crippen molar-refractivity contribution in [3.8, 4) is 5.75 Å². The van der Waals surface area contributed by atoms with Gasteiger partial charge in [-0.25, -0.2) is 0 Å². The summed E-state index contributed by atoms with van der Waals surface area (Å²) in [6, 6.07) is 14.0. The summed E-state index contributed by atoms with van der Waals surface area (Å²) in [5, 5.41) is 0.698. The van der Waals surface area contributed by atoms with Crippen LogP contribution in [0.2, 0.25) is 5.02 Å². The Labute approximate surface area is 124 Å². The molecule has 0 bridgehead atoms. The van der Waals surface area contributed by atoms with Crippen LogP contribution < -0.4 is 10.5 Å². The smallest absolute Gasteiger partial charge is 0.137 e. The maximum absolute atomic E-state index is 6.22. The van der Waals surface area contributed by atoms with E-state index in [4.69, 9.17) is 22.1 Å². The lowest BCUT2D eigenvalue weighted by Crippen LogP contribution is -2.18. The summed E-state index contributed by atoms with van der Waals surface area (Å²) in [5.41, 5.74) is 9.64. The van der Waals surface area contributed by atoms with Gasteiger partial charge in [0, 0.05) is 17.1 Å². The second-order valence-corrected chi connectivity index (χ2v) is 5.55. The molecule has 2 nitrogen and oxygen atoms in total. The normalized spacial score (nSPS) is 14.9. The van der Waals surface area contributed by atoms with Crippen molar-refractivity contribution in [1.82, 2.24) is 0 Å². The molecule has 3 rings (SSSR count). The van der Waals surface area contributed by atoms with Crippen LogP contribution in [0.25, 0.3) is 0 Å². The minimum absolute atomic E-state index is 0.205. The van der Waals surface area contributed by atoms with Crippen molar-refractivity contribution in [3.05, 3.63) is 64.2 Å². The summed E-state index contributed by atoms with van der Waals surface area (Å²) in [4.78, 5) is 0. The average molecular weight is 288 g/mol. The van der Waals surface area contributed by atoms with Crippen LogP contribution in [0.1, 0.15) is 29.2 Å². The molecule has 0 aliphatic heterocycles. The van der Waals surface area contributed by atoms with Crippen LogP contribution in [-0.2, 0) is 12.8 Å². The van der Waals surface area contributed by atoms with Gasteiger partial charge in [-0.1, -0.05) is 35.9 Å². The lowest BCUT2D eigenvalue weighted by Gasteiger charge is -2.19. The number of benzene rings is 2. The summed E-state index contributed by atoms with van der Waals surface area (Å²) in [7, 11) is 0. The van der Waals surface area contributed by atoms with Gasteiger partial charge in [-0.2, -0.15) is 0 Å². The highest BCUT2D eigenvalue weighted by molar-refractivity contribution is 6.31. The minimum atomic E-state index is -0.205. The molecule has 1 atom stereocenters.